The Morgan fingerprint density at radius 1 is 1.00 bits per heavy atom. The van der Waals surface area contributed by atoms with Crippen LogP contribution in [-0.2, 0) is 0 Å². The monoisotopic (exact) mass is 300 g/mol. The molecule has 22 heavy (non-hydrogen) atoms. The highest BCUT2D eigenvalue weighted by Crippen LogP contribution is 2.20. The molecule has 114 valence electrons. The number of piperazine rings is 1. The van der Waals surface area contributed by atoms with Crippen LogP contribution in [0.15, 0.2) is 42.5 Å². The highest BCUT2D eigenvalue weighted by molar-refractivity contribution is 5.93. The second-order valence-corrected chi connectivity index (χ2v) is 5.20. The van der Waals surface area contributed by atoms with Gasteiger partial charge in [-0.15, -0.1) is 0 Å². The SMILES string of the molecule is NC(=O)c1ccc(N2CCN(c3cccc(F)n3)CC2)cc1. The first-order valence-corrected chi connectivity index (χ1v) is 7.16. The second-order valence-electron chi connectivity index (χ2n) is 5.20. The van der Waals surface area contributed by atoms with Gasteiger partial charge in [-0.05, 0) is 36.4 Å². The summed E-state index contributed by atoms with van der Waals surface area (Å²) in [5, 5.41) is 0. The molecule has 1 amide bonds. The first-order chi connectivity index (χ1) is 10.6. The number of benzene rings is 1. The molecule has 2 heterocycles. The Hall–Kier alpha value is -2.63. The summed E-state index contributed by atoms with van der Waals surface area (Å²) in [4.78, 5) is 19.3. The number of hydrogen-bond acceptors (Lipinski definition) is 4. The molecule has 0 atom stereocenters. The summed E-state index contributed by atoms with van der Waals surface area (Å²) in [5.41, 5.74) is 6.80. The van der Waals surface area contributed by atoms with Crippen LogP contribution in [0.1, 0.15) is 10.4 Å². The third-order valence-electron chi connectivity index (χ3n) is 3.82. The van der Waals surface area contributed by atoms with Crippen molar-refractivity contribution < 1.29 is 9.18 Å². The smallest absolute Gasteiger partial charge is 0.248 e. The second kappa shape index (κ2) is 6.01. The summed E-state index contributed by atoms with van der Waals surface area (Å²) >= 11 is 0. The van der Waals surface area contributed by atoms with E-state index in [0.717, 1.165) is 31.9 Å². The fourth-order valence-electron chi connectivity index (χ4n) is 2.60. The minimum Gasteiger partial charge on any atom is -0.368 e. The highest BCUT2D eigenvalue weighted by Gasteiger charge is 2.18. The van der Waals surface area contributed by atoms with Crippen molar-refractivity contribution in [2.75, 3.05) is 36.0 Å². The fourth-order valence-corrected chi connectivity index (χ4v) is 2.60. The Labute approximate surface area is 128 Å². The zero-order valence-electron chi connectivity index (χ0n) is 12.1. The van der Waals surface area contributed by atoms with Crippen molar-refractivity contribution in [3.05, 3.63) is 54.0 Å². The molecule has 1 aromatic carbocycles. The van der Waals surface area contributed by atoms with E-state index in [9.17, 15) is 9.18 Å². The van der Waals surface area contributed by atoms with E-state index in [1.165, 1.54) is 6.07 Å². The normalized spacial score (nSPS) is 15.0. The van der Waals surface area contributed by atoms with Gasteiger partial charge in [0.1, 0.15) is 5.82 Å². The lowest BCUT2D eigenvalue weighted by molar-refractivity contribution is 0.100. The maximum Gasteiger partial charge on any atom is 0.248 e. The molecule has 0 unspecified atom stereocenters. The largest absolute Gasteiger partial charge is 0.368 e. The summed E-state index contributed by atoms with van der Waals surface area (Å²) in [6.45, 7) is 3.17. The molecule has 1 fully saturated rings. The van der Waals surface area contributed by atoms with Gasteiger partial charge in [-0.3, -0.25) is 4.79 Å². The molecule has 0 aliphatic carbocycles. The predicted molar refractivity (Wildman–Crippen MR) is 83.6 cm³/mol. The van der Waals surface area contributed by atoms with Crippen LogP contribution in [0.2, 0.25) is 0 Å². The lowest BCUT2D eigenvalue weighted by Gasteiger charge is -2.36. The Kier molecular flexibility index (Phi) is 3.91. The van der Waals surface area contributed by atoms with Gasteiger partial charge in [-0.1, -0.05) is 6.07 Å². The Balaban J connectivity index is 1.65. The number of halogens is 1. The number of nitrogens with zero attached hydrogens (tertiary/aromatic N) is 3. The fraction of sp³-hybridized carbons (Fsp3) is 0.250. The number of amides is 1. The molecule has 2 aromatic rings. The molecule has 1 aromatic heterocycles. The van der Waals surface area contributed by atoms with E-state index in [1.807, 2.05) is 18.2 Å². The number of anilines is 2. The Morgan fingerprint density at radius 2 is 1.64 bits per heavy atom. The highest BCUT2D eigenvalue weighted by atomic mass is 19.1. The average molecular weight is 300 g/mol. The predicted octanol–water partition coefficient (Wildman–Crippen LogP) is 1.65. The molecule has 6 heteroatoms. The first-order valence-electron chi connectivity index (χ1n) is 7.16. The third kappa shape index (κ3) is 3.00. The minimum atomic E-state index is -0.457. The molecule has 2 N–H and O–H groups in total. The number of pyridine rings is 1. The topological polar surface area (TPSA) is 62.5 Å². The zero-order valence-corrected chi connectivity index (χ0v) is 12.1. The summed E-state index contributed by atoms with van der Waals surface area (Å²) in [6, 6.07) is 12.1. The van der Waals surface area contributed by atoms with Gasteiger partial charge in [0.05, 0.1) is 0 Å². The van der Waals surface area contributed by atoms with Crippen LogP contribution in [0.5, 0.6) is 0 Å². The molecule has 1 aliphatic heterocycles. The lowest BCUT2D eigenvalue weighted by Crippen LogP contribution is -2.46. The summed E-state index contributed by atoms with van der Waals surface area (Å²) in [6.07, 6.45) is 0. The van der Waals surface area contributed by atoms with Gasteiger partial charge in [0, 0.05) is 37.4 Å². The Bertz CT molecular complexity index is 666. The number of carbonyl (C=O) groups excluding carboxylic acids is 1. The van der Waals surface area contributed by atoms with Crippen LogP contribution >= 0.6 is 0 Å². The molecule has 0 bridgehead atoms. The van der Waals surface area contributed by atoms with Crippen LogP contribution in [0.4, 0.5) is 15.9 Å². The molecule has 0 saturated carbocycles. The molecule has 0 spiro atoms. The molecular weight excluding hydrogens is 283 g/mol. The van der Waals surface area contributed by atoms with Gasteiger partial charge in [0.25, 0.3) is 0 Å². The van der Waals surface area contributed by atoms with Gasteiger partial charge in [0.15, 0.2) is 0 Å². The van der Waals surface area contributed by atoms with Crippen LogP contribution in [0.25, 0.3) is 0 Å². The van der Waals surface area contributed by atoms with Crippen LogP contribution < -0.4 is 15.5 Å². The summed E-state index contributed by atoms with van der Waals surface area (Å²) in [5.74, 6) is -0.209. The van der Waals surface area contributed by atoms with E-state index in [-0.39, 0.29) is 0 Å². The third-order valence-corrected chi connectivity index (χ3v) is 3.82. The van der Waals surface area contributed by atoms with Gasteiger partial charge < -0.3 is 15.5 Å². The molecule has 3 rings (SSSR count). The molecule has 5 nitrogen and oxygen atoms in total. The van der Waals surface area contributed by atoms with E-state index in [0.29, 0.717) is 11.4 Å². The number of nitrogens with two attached hydrogens (primary N) is 1. The maximum absolute atomic E-state index is 13.2. The molecule has 1 aliphatic rings. The zero-order chi connectivity index (χ0) is 15.5. The van der Waals surface area contributed by atoms with Gasteiger partial charge >= 0.3 is 0 Å². The first kappa shape index (κ1) is 14.3. The van der Waals surface area contributed by atoms with Gasteiger partial charge in [-0.2, -0.15) is 4.39 Å². The van der Waals surface area contributed by atoms with E-state index in [2.05, 4.69) is 14.8 Å². The van der Waals surface area contributed by atoms with Crippen LogP contribution in [0.3, 0.4) is 0 Å². The number of hydrogen-bond donors (Lipinski definition) is 1. The minimum absolute atomic E-state index is 0.423. The number of rotatable bonds is 3. The summed E-state index contributed by atoms with van der Waals surface area (Å²) in [7, 11) is 0. The van der Waals surface area contributed by atoms with Crippen molar-refractivity contribution in [2.24, 2.45) is 5.73 Å². The number of primary amides is 1. The van der Waals surface area contributed by atoms with Gasteiger partial charge in [0.2, 0.25) is 11.9 Å². The number of aromatic nitrogens is 1. The van der Waals surface area contributed by atoms with Crippen molar-refractivity contribution >= 4 is 17.4 Å². The lowest BCUT2D eigenvalue weighted by atomic mass is 10.1. The average Bonchev–Trinajstić information content (AvgIpc) is 2.55. The molecular formula is C16H17FN4O. The van der Waals surface area contributed by atoms with Crippen molar-refractivity contribution in [3.8, 4) is 0 Å². The summed E-state index contributed by atoms with van der Waals surface area (Å²) < 4.78 is 13.2. The van der Waals surface area contributed by atoms with Crippen molar-refractivity contribution in [1.82, 2.24) is 4.98 Å². The van der Waals surface area contributed by atoms with E-state index >= 15 is 0 Å². The van der Waals surface area contributed by atoms with Crippen molar-refractivity contribution in [2.45, 2.75) is 0 Å². The molecule has 0 radical (unpaired) electrons. The standard InChI is InChI=1S/C16H17FN4O/c17-14-2-1-3-15(19-14)21-10-8-20(9-11-21)13-6-4-12(5-7-13)16(18)22/h1-7H,8-11H2,(H2,18,22). The van der Waals surface area contributed by atoms with E-state index < -0.39 is 11.9 Å². The molecule has 1 saturated heterocycles. The van der Waals surface area contributed by atoms with Crippen LogP contribution in [0, 0.1) is 5.95 Å². The van der Waals surface area contributed by atoms with E-state index in [1.54, 1.807) is 18.2 Å². The number of carbonyl (C=O) groups is 1. The van der Waals surface area contributed by atoms with Gasteiger partial charge in [-0.25, -0.2) is 4.98 Å². The van der Waals surface area contributed by atoms with E-state index in [4.69, 9.17) is 5.73 Å². The quantitative estimate of drug-likeness (QED) is 0.876. The van der Waals surface area contributed by atoms with Crippen molar-refractivity contribution in [3.63, 3.8) is 0 Å². The maximum atomic E-state index is 13.2. The Morgan fingerprint density at radius 3 is 2.23 bits per heavy atom. The van der Waals surface area contributed by atoms with Crippen molar-refractivity contribution in [1.29, 1.82) is 0 Å². The van der Waals surface area contributed by atoms with Crippen LogP contribution in [-0.4, -0.2) is 37.1 Å².